The van der Waals surface area contributed by atoms with E-state index in [1.54, 1.807) is 7.11 Å². The molecule has 0 radical (unpaired) electrons. The van der Waals surface area contributed by atoms with Crippen molar-refractivity contribution in [3.63, 3.8) is 0 Å². The minimum atomic E-state index is -0.216. The number of aliphatic hydroxyl groups is 1. The summed E-state index contributed by atoms with van der Waals surface area (Å²) in [4.78, 5) is 2.32. The topological polar surface area (TPSA) is 32.7 Å². The molecule has 0 aliphatic rings. The van der Waals surface area contributed by atoms with Crippen LogP contribution in [-0.4, -0.2) is 49.0 Å². The van der Waals surface area contributed by atoms with E-state index in [0.29, 0.717) is 6.04 Å². The molecular weight excluding hydrogens is 166 g/mol. The lowest BCUT2D eigenvalue weighted by molar-refractivity contribution is 0.0949. The zero-order valence-corrected chi connectivity index (χ0v) is 9.29. The maximum Gasteiger partial charge on any atom is 0.0589 e. The first kappa shape index (κ1) is 12.9. The Balaban J connectivity index is 3.77. The van der Waals surface area contributed by atoms with Crippen LogP contribution in [0.15, 0.2) is 0 Å². The molecule has 0 saturated heterocycles. The molecule has 80 valence electrons. The van der Waals surface area contributed by atoms with Crippen LogP contribution in [-0.2, 0) is 4.74 Å². The van der Waals surface area contributed by atoms with Crippen molar-refractivity contribution in [1.82, 2.24) is 4.90 Å². The van der Waals surface area contributed by atoms with Gasteiger partial charge in [-0.3, -0.25) is 4.90 Å². The van der Waals surface area contributed by atoms with Gasteiger partial charge in [-0.05, 0) is 26.8 Å². The summed E-state index contributed by atoms with van der Waals surface area (Å²) in [6.45, 7) is 8.83. The average molecular weight is 189 g/mol. The van der Waals surface area contributed by atoms with E-state index in [1.165, 1.54) is 0 Å². The Bertz CT molecular complexity index is 117. The Hall–Kier alpha value is -0.120. The van der Waals surface area contributed by atoms with Crippen LogP contribution < -0.4 is 0 Å². The SMILES string of the molecule is CCN(CCOC)C(C)CC(C)O. The zero-order chi connectivity index (χ0) is 10.3. The van der Waals surface area contributed by atoms with Crippen LogP contribution in [0.5, 0.6) is 0 Å². The van der Waals surface area contributed by atoms with Crippen molar-refractivity contribution in [2.75, 3.05) is 26.8 Å². The maximum absolute atomic E-state index is 9.23. The lowest BCUT2D eigenvalue weighted by Gasteiger charge is -2.28. The van der Waals surface area contributed by atoms with Crippen LogP contribution >= 0.6 is 0 Å². The Morgan fingerprint density at radius 3 is 2.38 bits per heavy atom. The van der Waals surface area contributed by atoms with Crippen LogP contribution in [0, 0.1) is 0 Å². The Morgan fingerprint density at radius 1 is 1.38 bits per heavy atom. The highest BCUT2D eigenvalue weighted by molar-refractivity contribution is 4.68. The molecular formula is C10H23NO2. The lowest BCUT2D eigenvalue weighted by atomic mass is 10.1. The molecule has 0 saturated carbocycles. The molecule has 0 aromatic heterocycles. The van der Waals surface area contributed by atoms with Crippen molar-refractivity contribution >= 4 is 0 Å². The molecule has 0 aliphatic heterocycles. The van der Waals surface area contributed by atoms with Crippen LogP contribution in [0.25, 0.3) is 0 Å². The first-order valence-corrected chi connectivity index (χ1v) is 5.02. The summed E-state index contributed by atoms with van der Waals surface area (Å²) in [5.41, 5.74) is 0. The number of ether oxygens (including phenoxy) is 1. The number of aliphatic hydroxyl groups excluding tert-OH is 1. The molecule has 0 rings (SSSR count). The van der Waals surface area contributed by atoms with Gasteiger partial charge in [0.15, 0.2) is 0 Å². The number of methoxy groups -OCH3 is 1. The van der Waals surface area contributed by atoms with Gasteiger partial charge in [0.05, 0.1) is 12.7 Å². The summed E-state index contributed by atoms with van der Waals surface area (Å²) in [6.07, 6.45) is 0.615. The van der Waals surface area contributed by atoms with Crippen molar-refractivity contribution in [3.8, 4) is 0 Å². The third kappa shape index (κ3) is 6.02. The van der Waals surface area contributed by atoms with E-state index in [4.69, 9.17) is 4.74 Å². The fourth-order valence-electron chi connectivity index (χ4n) is 1.54. The fraction of sp³-hybridized carbons (Fsp3) is 1.00. The van der Waals surface area contributed by atoms with E-state index in [1.807, 2.05) is 6.92 Å². The van der Waals surface area contributed by atoms with E-state index in [9.17, 15) is 5.11 Å². The molecule has 0 bridgehead atoms. The lowest BCUT2D eigenvalue weighted by Crippen LogP contribution is -2.37. The van der Waals surface area contributed by atoms with Gasteiger partial charge in [0.1, 0.15) is 0 Å². The second kappa shape index (κ2) is 7.30. The second-order valence-electron chi connectivity index (χ2n) is 3.56. The summed E-state index contributed by atoms with van der Waals surface area (Å²) >= 11 is 0. The van der Waals surface area contributed by atoms with Gasteiger partial charge in [-0.15, -0.1) is 0 Å². The van der Waals surface area contributed by atoms with Gasteiger partial charge in [-0.1, -0.05) is 6.92 Å². The molecule has 1 N–H and O–H groups in total. The van der Waals surface area contributed by atoms with E-state index < -0.39 is 0 Å². The zero-order valence-electron chi connectivity index (χ0n) is 9.29. The molecule has 2 atom stereocenters. The minimum Gasteiger partial charge on any atom is -0.393 e. The molecule has 3 nitrogen and oxygen atoms in total. The largest absolute Gasteiger partial charge is 0.393 e. The van der Waals surface area contributed by atoms with Crippen LogP contribution in [0.2, 0.25) is 0 Å². The van der Waals surface area contributed by atoms with Crippen molar-refractivity contribution in [2.24, 2.45) is 0 Å². The number of hydrogen-bond donors (Lipinski definition) is 1. The Labute approximate surface area is 81.7 Å². The van der Waals surface area contributed by atoms with Gasteiger partial charge in [0.25, 0.3) is 0 Å². The van der Waals surface area contributed by atoms with Crippen molar-refractivity contribution < 1.29 is 9.84 Å². The van der Waals surface area contributed by atoms with Crippen LogP contribution in [0.1, 0.15) is 27.2 Å². The van der Waals surface area contributed by atoms with E-state index in [0.717, 1.165) is 26.1 Å². The number of hydrogen-bond acceptors (Lipinski definition) is 3. The summed E-state index contributed by atoms with van der Waals surface area (Å²) in [7, 11) is 1.72. The number of nitrogens with zero attached hydrogens (tertiary/aromatic N) is 1. The summed E-state index contributed by atoms with van der Waals surface area (Å²) in [6, 6.07) is 0.431. The van der Waals surface area contributed by atoms with Gasteiger partial charge < -0.3 is 9.84 Å². The highest BCUT2D eigenvalue weighted by atomic mass is 16.5. The first-order chi connectivity index (χ1) is 6.11. The molecule has 0 aliphatic carbocycles. The fourth-order valence-corrected chi connectivity index (χ4v) is 1.54. The Kier molecular flexibility index (Phi) is 7.23. The molecule has 0 heterocycles. The maximum atomic E-state index is 9.23. The number of rotatable bonds is 7. The molecule has 13 heavy (non-hydrogen) atoms. The summed E-state index contributed by atoms with van der Waals surface area (Å²) in [5.74, 6) is 0. The summed E-state index contributed by atoms with van der Waals surface area (Å²) < 4.78 is 5.03. The Morgan fingerprint density at radius 2 is 2.00 bits per heavy atom. The van der Waals surface area contributed by atoms with Gasteiger partial charge in [-0.2, -0.15) is 0 Å². The standard InChI is InChI=1S/C10H23NO2/c1-5-11(6-7-13-4)9(2)8-10(3)12/h9-10,12H,5-8H2,1-4H3. The highest BCUT2D eigenvalue weighted by Crippen LogP contribution is 2.05. The van der Waals surface area contributed by atoms with Gasteiger partial charge in [0, 0.05) is 19.7 Å². The third-order valence-corrected chi connectivity index (χ3v) is 2.29. The van der Waals surface area contributed by atoms with Crippen LogP contribution in [0.4, 0.5) is 0 Å². The molecule has 0 fully saturated rings. The smallest absolute Gasteiger partial charge is 0.0589 e. The third-order valence-electron chi connectivity index (χ3n) is 2.29. The van der Waals surface area contributed by atoms with E-state index in [2.05, 4.69) is 18.7 Å². The molecule has 0 aromatic carbocycles. The van der Waals surface area contributed by atoms with Crippen molar-refractivity contribution in [3.05, 3.63) is 0 Å². The molecule has 0 aromatic rings. The summed E-state index contributed by atoms with van der Waals surface area (Å²) in [5, 5.41) is 9.23. The normalized spacial score (nSPS) is 16.2. The quantitative estimate of drug-likeness (QED) is 0.651. The first-order valence-electron chi connectivity index (χ1n) is 5.02. The van der Waals surface area contributed by atoms with Crippen molar-refractivity contribution in [1.29, 1.82) is 0 Å². The van der Waals surface area contributed by atoms with Gasteiger partial charge in [-0.25, -0.2) is 0 Å². The van der Waals surface area contributed by atoms with E-state index >= 15 is 0 Å². The molecule has 0 amide bonds. The molecule has 3 heteroatoms. The molecule has 0 spiro atoms. The van der Waals surface area contributed by atoms with E-state index in [-0.39, 0.29) is 6.10 Å². The highest BCUT2D eigenvalue weighted by Gasteiger charge is 2.13. The minimum absolute atomic E-state index is 0.216. The second-order valence-corrected chi connectivity index (χ2v) is 3.56. The van der Waals surface area contributed by atoms with Crippen LogP contribution in [0.3, 0.4) is 0 Å². The van der Waals surface area contributed by atoms with Crippen molar-refractivity contribution in [2.45, 2.75) is 39.3 Å². The van der Waals surface area contributed by atoms with Gasteiger partial charge in [0.2, 0.25) is 0 Å². The average Bonchev–Trinajstić information content (AvgIpc) is 2.04. The van der Waals surface area contributed by atoms with Gasteiger partial charge >= 0.3 is 0 Å². The predicted molar refractivity (Wildman–Crippen MR) is 54.9 cm³/mol. The molecule has 2 unspecified atom stereocenters. The predicted octanol–water partition coefficient (Wildman–Crippen LogP) is 1.11. The monoisotopic (exact) mass is 189 g/mol. The number of likely N-dealkylation sites (N-methyl/N-ethyl adjacent to an activating group) is 1.